The molecule has 0 spiro atoms. The molecule has 0 atom stereocenters. The highest BCUT2D eigenvalue weighted by Gasteiger charge is 2.11. The predicted molar refractivity (Wildman–Crippen MR) is 94.6 cm³/mol. The predicted octanol–water partition coefficient (Wildman–Crippen LogP) is 3.26. The molecular formula is C19H24O6. The zero-order valence-corrected chi connectivity index (χ0v) is 14.3. The summed E-state index contributed by atoms with van der Waals surface area (Å²) in [5, 5.41) is 33.9. The average Bonchev–Trinajstić information content (AvgIpc) is 2.56. The largest absolute Gasteiger partial charge is 0.478 e. The highest BCUT2D eigenvalue weighted by atomic mass is 16.5. The van der Waals surface area contributed by atoms with Gasteiger partial charge in [-0.25, -0.2) is 9.59 Å². The van der Waals surface area contributed by atoms with Crippen LogP contribution < -0.4 is 0 Å². The molecule has 0 radical (unpaired) electrons. The number of hydrogen-bond donors (Lipinski definition) is 4. The van der Waals surface area contributed by atoms with Gasteiger partial charge in [-0.05, 0) is 31.2 Å². The Morgan fingerprint density at radius 3 is 1.24 bits per heavy atom. The van der Waals surface area contributed by atoms with Crippen LogP contribution in [0.25, 0.3) is 0 Å². The van der Waals surface area contributed by atoms with Crippen molar-refractivity contribution < 1.29 is 30.0 Å². The molecule has 2 aromatic rings. The van der Waals surface area contributed by atoms with E-state index in [1.807, 2.05) is 6.92 Å². The standard InChI is InChI=1S/2C7H6O2.C5H12O2/c2*8-7(9)6-4-2-1-3-5-6;1-3-4-5(2,6)7/h2*1-5H,(H,8,9);6-7H,3-4H2,1-2H3. The Bertz CT molecular complexity index is 568. The van der Waals surface area contributed by atoms with Crippen LogP contribution in [0.15, 0.2) is 60.7 Å². The van der Waals surface area contributed by atoms with E-state index in [2.05, 4.69) is 0 Å². The first-order valence-electron chi connectivity index (χ1n) is 7.68. The fourth-order valence-corrected chi connectivity index (χ4v) is 1.64. The normalized spacial score (nSPS) is 9.76. The summed E-state index contributed by atoms with van der Waals surface area (Å²) in [5.41, 5.74) is 0.662. The van der Waals surface area contributed by atoms with Crippen LogP contribution in [0.3, 0.4) is 0 Å². The Balaban J connectivity index is 0.000000350. The third-order valence-corrected chi connectivity index (χ3v) is 2.77. The molecule has 136 valence electrons. The topological polar surface area (TPSA) is 115 Å². The summed E-state index contributed by atoms with van der Waals surface area (Å²) in [5.74, 6) is -3.21. The van der Waals surface area contributed by atoms with E-state index in [4.69, 9.17) is 20.4 Å². The highest BCUT2D eigenvalue weighted by molar-refractivity contribution is 5.87. The van der Waals surface area contributed by atoms with Gasteiger partial charge in [0, 0.05) is 6.42 Å². The number of hydrogen-bond acceptors (Lipinski definition) is 4. The molecule has 0 aliphatic heterocycles. The highest BCUT2D eigenvalue weighted by Crippen LogP contribution is 2.04. The summed E-state index contributed by atoms with van der Waals surface area (Å²) in [6.45, 7) is 3.29. The first-order valence-corrected chi connectivity index (χ1v) is 7.68. The minimum atomic E-state index is -1.45. The van der Waals surface area contributed by atoms with E-state index in [1.165, 1.54) is 6.92 Å². The van der Waals surface area contributed by atoms with Gasteiger partial charge in [-0.2, -0.15) is 0 Å². The summed E-state index contributed by atoms with van der Waals surface area (Å²) in [6.07, 6.45) is 1.26. The van der Waals surface area contributed by atoms with E-state index >= 15 is 0 Å². The van der Waals surface area contributed by atoms with Crippen LogP contribution in [-0.4, -0.2) is 38.2 Å². The molecule has 0 saturated carbocycles. The summed E-state index contributed by atoms with van der Waals surface area (Å²) >= 11 is 0. The Morgan fingerprint density at radius 1 is 0.800 bits per heavy atom. The van der Waals surface area contributed by atoms with Crippen LogP contribution in [0.2, 0.25) is 0 Å². The zero-order valence-electron chi connectivity index (χ0n) is 14.3. The second-order valence-electron chi connectivity index (χ2n) is 5.31. The molecule has 0 unspecified atom stereocenters. The van der Waals surface area contributed by atoms with Crippen LogP contribution in [0.5, 0.6) is 0 Å². The lowest BCUT2D eigenvalue weighted by atomic mass is 10.2. The molecule has 0 aromatic heterocycles. The van der Waals surface area contributed by atoms with Gasteiger partial charge in [0.15, 0.2) is 5.79 Å². The lowest BCUT2D eigenvalue weighted by Crippen LogP contribution is -2.21. The van der Waals surface area contributed by atoms with E-state index in [0.717, 1.165) is 6.42 Å². The summed E-state index contributed by atoms with van der Waals surface area (Å²) < 4.78 is 0. The second kappa shape index (κ2) is 11.8. The van der Waals surface area contributed by atoms with Gasteiger partial charge < -0.3 is 20.4 Å². The van der Waals surface area contributed by atoms with Crippen molar-refractivity contribution >= 4 is 11.9 Å². The maximum Gasteiger partial charge on any atom is 0.335 e. The number of aliphatic hydroxyl groups is 2. The van der Waals surface area contributed by atoms with Gasteiger partial charge in [0.1, 0.15) is 0 Å². The quantitative estimate of drug-likeness (QED) is 0.631. The third kappa shape index (κ3) is 12.4. The Labute approximate surface area is 147 Å². The van der Waals surface area contributed by atoms with E-state index < -0.39 is 17.7 Å². The minimum Gasteiger partial charge on any atom is -0.478 e. The number of aromatic carboxylic acids is 2. The molecule has 0 fully saturated rings. The lowest BCUT2D eigenvalue weighted by Gasteiger charge is -2.12. The summed E-state index contributed by atoms with van der Waals surface area (Å²) in [6, 6.07) is 16.6. The maximum atomic E-state index is 10.2. The Kier molecular flexibility index (Phi) is 10.5. The van der Waals surface area contributed by atoms with Crippen molar-refractivity contribution in [1.29, 1.82) is 0 Å². The molecule has 2 rings (SSSR count). The van der Waals surface area contributed by atoms with Gasteiger partial charge in [-0.1, -0.05) is 49.7 Å². The Hall–Kier alpha value is -2.70. The van der Waals surface area contributed by atoms with Crippen molar-refractivity contribution in [3.05, 3.63) is 71.8 Å². The van der Waals surface area contributed by atoms with Crippen molar-refractivity contribution in [3.63, 3.8) is 0 Å². The van der Waals surface area contributed by atoms with E-state index in [-0.39, 0.29) is 0 Å². The summed E-state index contributed by atoms with van der Waals surface area (Å²) in [7, 11) is 0. The Morgan fingerprint density at radius 2 is 1.12 bits per heavy atom. The molecule has 0 aliphatic rings. The average molecular weight is 348 g/mol. The number of rotatable bonds is 4. The third-order valence-electron chi connectivity index (χ3n) is 2.77. The molecule has 0 saturated heterocycles. The van der Waals surface area contributed by atoms with Crippen LogP contribution in [0.4, 0.5) is 0 Å². The first kappa shape index (κ1) is 22.3. The van der Waals surface area contributed by atoms with Crippen molar-refractivity contribution in [2.75, 3.05) is 0 Å². The van der Waals surface area contributed by atoms with Crippen molar-refractivity contribution in [1.82, 2.24) is 0 Å². The van der Waals surface area contributed by atoms with Crippen LogP contribution >= 0.6 is 0 Å². The lowest BCUT2D eigenvalue weighted by molar-refractivity contribution is -0.149. The molecule has 6 heteroatoms. The van der Waals surface area contributed by atoms with Gasteiger partial charge in [0.25, 0.3) is 0 Å². The molecule has 25 heavy (non-hydrogen) atoms. The molecule has 6 nitrogen and oxygen atoms in total. The molecule has 0 heterocycles. The van der Waals surface area contributed by atoms with Gasteiger partial charge in [0.05, 0.1) is 11.1 Å². The van der Waals surface area contributed by atoms with Crippen molar-refractivity contribution in [2.24, 2.45) is 0 Å². The van der Waals surface area contributed by atoms with Crippen molar-refractivity contribution in [2.45, 2.75) is 32.5 Å². The monoisotopic (exact) mass is 348 g/mol. The summed E-state index contributed by atoms with van der Waals surface area (Å²) in [4.78, 5) is 20.4. The SMILES string of the molecule is CCCC(C)(O)O.O=C(O)c1ccccc1.O=C(O)c1ccccc1. The van der Waals surface area contributed by atoms with Crippen LogP contribution in [0, 0.1) is 0 Å². The van der Waals surface area contributed by atoms with Crippen LogP contribution in [0.1, 0.15) is 47.4 Å². The molecule has 0 amide bonds. The van der Waals surface area contributed by atoms with Crippen molar-refractivity contribution in [3.8, 4) is 0 Å². The van der Waals surface area contributed by atoms with E-state index in [9.17, 15) is 9.59 Å². The fraction of sp³-hybridized carbons (Fsp3) is 0.263. The van der Waals surface area contributed by atoms with Crippen LogP contribution in [-0.2, 0) is 0 Å². The smallest absolute Gasteiger partial charge is 0.335 e. The molecule has 2 aromatic carbocycles. The molecule has 0 aliphatic carbocycles. The number of carbonyl (C=O) groups is 2. The van der Waals surface area contributed by atoms with Gasteiger partial charge in [-0.15, -0.1) is 0 Å². The van der Waals surface area contributed by atoms with Gasteiger partial charge in [0.2, 0.25) is 0 Å². The molecule has 0 bridgehead atoms. The number of carboxylic acid groups (broad SMARTS) is 2. The van der Waals surface area contributed by atoms with E-state index in [0.29, 0.717) is 17.5 Å². The maximum absolute atomic E-state index is 10.2. The fourth-order valence-electron chi connectivity index (χ4n) is 1.64. The molecule has 4 N–H and O–H groups in total. The second-order valence-corrected chi connectivity index (χ2v) is 5.31. The van der Waals surface area contributed by atoms with E-state index in [1.54, 1.807) is 60.7 Å². The first-order chi connectivity index (χ1) is 11.7. The van der Waals surface area contributed by atoms with Gasteiger partial charge in [-0.3, -0.25) is 0 Å². The molecular weight excluding hydrogens is 324 g/mol. The zero-order chi connectivity index (χ0) is 19.3. The number of carboxylic acids is 2. The number of benzene rings is 2. The minimum absolute atomic E-state index is 0.331. The van der Waals surface area contributed by atoms with Gasteiger partial charge >= 0.3 is 11.9 Å².